The minimum absolute atomic E-state index is 0.0531. The number of amides is 1. The van der Waals surface area contributed by atoms with Crippen molar-refractivity contribution in [3.05, 3.63) is 0 Å². The lowest BCUT2D eigenvalue weighted by Crippen LogP contribution is -2.44. The van der Waals surface area contributed by atoms with Gasteiger partial charge in [0.25, 0.3) is 0 Å². The summed E-state index contributed by atoms with van der Waals surface area (Å²) in [5.41, 5.74) is 2.21. The van der Waals surface area contributed by atoms with Crippen LogP contribution in [0.5, 0.6) is 0 Å². The van der Waals surface area contributed by atoms with Crippen molar-refractivity contribution in [2.75, 3.05) is 20.6 Å². The standard InChI is InChI=1S/C5H12N4OS/c1-9(2)4(10)3-7-5(11)8-6/h3,6H2,1-2H3,(H2,7,8,11). The first-order valence-electron chi connectivity index (χ1n) is 3.02. The van der Waals surface area contributed by atoms with Crippen molar-refractivity contribution in [3.63, 3.8) is 0 Å². The van der Waals surface area contributed by atoms with E-state index in [9.17, 15) is 4.79 Å². The zero-order valence-corrected chi connectivity index (χ0v) is 7.36. The van der Waals surface area contributed by atoms with Crippen LogP contribution in [0.2, 0.25) is 0 Å². The molecule has 0 rings (SSSR count). The van der Waals surface area contributed by atoms with Crippen molar-refractivity contribution in [1.82, 2.24) is 15.6 Å². The highest BCUT2D eigenvalue weighted by Crippen LogP contribution is 1.74. The lowest BCUT2D eigenvalue weighted by atomic mass is 10.5. The predicted molar refractivity (Wildman–Crippen MR) is 46.6 cm³/mol. The van der Waals surface area contributed by atoms with Crippen LogP contribution < -0.4 is 16.6 Å². The van der Waals surface area contributed by atoms with E-state index in [0.717, 1.165) is 0 Å². The number of nitrogens with zero attached hydrogens (tertiary/aromatic N) is 1. The first-order chi connectivity index (χ1) is 5.07. The Morgan fingerprint density at radius 3 is 2.55 bits per heavy atom. The molecule has 0 aliphatic heterocycles. The van der Waals surface area contributed by atoms with E-state index >= 15 is 0 Å². The van der Waals surface area contributed by atoms with Crippen LogP contribution in [0.3, 0.4) is 0 Å². The van der Waals surface area contributed by atoms with E-state index in [4.69, 9.17) is 5.84 Å². The van der Waals surface area contributed by atoms with E-state index in [-0.39, 0.29) is 17.6 Å². The van der Waals surface area contributed by atoms with Gasteiger partial charge < -0.3 is 15.6 Å². The fraction of sp³-hybridized carbons (Fsp3) is 0.600. The molecule has 0 aromatic carbocycles. The SMILES string of the molecule is CN(C)C(=O)CNC(=S)NN. The van der Waals surface area contributed by atoms with Gasteiger partial charge in [-0.25, -0.2) is 5.84 Å². The van der Waals surface area contributed by atoms with Crippen LogP contribution in [-0.2, 0) is 4.79 Å². The van der Waals surface area contributed by atoms with Crippen molar-refractivity contribution in [3.8, 4) is 0 Å². The summed E-state index contributed by atoms with van der Waals surface area (Å²) >= 11 is 4.64. The van der Waals surface area contributed by atoms with E-state index in [0.29, 0.717) is 0 Å². The first kappa shape index (κ1) is 10.1. The molecule has 11 heavy (non-hydrogen) atoms. The Labute approximate surface area is 70.9 Å². The summed E-state index contributed by atoms with van der Waals surface area (Å²) in [6.07, 6.45) is 0. The smallest absolute Gasteiger partial charge is 0.241 e. The highest BCUT2D eigenvalue weighted by Gasteiger charge is 2.02. The van der Waals surface area contributed by atoms with Crippen LogP contribution in [0.4, 0.5) is 0 Å². The molecule has 0 radical (unpaired) electrons. The summed E-state index contributed by atoms with van der Waals surface area (Å²) in [4.78, 5) is 12.4. The molecule has 0 saturated heterocycles. The number of hydrogen-bond acceptors (Lipinski definition) is 3. The fourth-order valence-corrected chi connectivity index (χ4v) is 0.437. The summed E-state index contributed by atoms with van der Waals surface area (Å²) in [6, 6.07) is 0. The quantitative estimate of drug-likeness (QED) is 0.269. The van der Waals surface area contributed by atoms with Crippen molar-refractivity contribution in [2.24, 2.45) is 5.84 Å². The summed E-state index contributed by atoms with van der Waals surface area (Å²) in [5, 5.41) is 2.88. The van der Waals surface area contributed by atoms with Crippen molar-refractivity contribution in [1.29, 1.82) is 0 Å². The Balaban J connectivity index is 3.54. The third-order valence-corrected chi connectivity index (χ3v) is 1.29. The van der Waals surface area contributed by atoms with E-state index < -0.39 is 0 Å². The van der Waals surface area contributed by atoms with Gasteiger partial charge in [-0.1, -0.05) is 0 Å². The Bertz CT molecular complexity index is 159. The topological polar surface area (TPSA) is 70.4 Å². The molecule has 0 saturated carbocycles. The summed E-state index contributed by atoms with van der Waals surface area (Å²) in [6.45, 7) is 0.163. The van der Waals surface area contributed by atoms with Gasteiger partial charge in [0.15, 0.2) is 5.11 Å². The van der Waals surface area contributed by atoms with Gasteiger partial charge in [0, 0.05) is 14.1 Å². The number of carbonyl (C=O) groups excluding carboxylic acids is 1. The van der Waals surface area contributed by atoms with Crippen LogP contribution in [0.1, 0.15) is 0 Å². The lowest BCUT2D eigenvalue weighted by Gasteiger charge is -2.11. The van der Waals surface area contributed by atoms with Crippen LogP contribution in [0.15, 0.2) is 0 Å². The summed E-state index contributed by atoms with van der Waals surface area (Å²) in [5.74, 6) is 4.90. The second-order valence-corrected chi connectivity index (χ2v) is 2.52. The Hall–Kier alpha value is -0.880. The Kier molecular flexibility index (Phi) is 4.47. The second kappa shape index (κ2) is 4.86. The van der Waals surface area contributed by atoms with Gasteiger partial charge >= 0.3 is 0 Å². The Morgan fingerprint density at radius 1 is 1.64 bits per heavy atom. The number of carbonyl (C=O) groups is 1. The molecule has 1 amide bonds. The minimum Gasteiger partial charge on any atom is -0.353 e. The molecule has 0 atom stereocenters. The normalized spacial score (nSPS) is 8.64. The number of nitrogens with two attached hydrogens (primary N) is 1. The zero-order valence-electron chi connectivity index (χ0n) is 6.55. The van der Waals surface area contributed by atoms with Crippen molar-refractivity contribution >= 4 is 23.2 Å². The Morgan fingerprint density at radius 2 is 2.18 bits per heavy atom. The van der Waals surface area contributed by atoms with Gasteiger partial charge in [0.2, 0.25) is 5.91 Å². The van der Waals surface area contributed by atoms with Crippen LogP contribution in [0.25, 0.3) is 0 Å². The van der Waals surface area contributed by atoms with E-state index in [1.807, 2.05) is 0 Å². The molecule has 0 spiro atoms. The largest absolute Gasteiger partial charge is 0.353 e. The molecule has 0 unspecified atom stereocenters. The average Bonchev–Trinajstić information content (AvgIpc) is 1.99. The first-order valence-corrected chi connectivity index (χ1v) is 3.43. The van der Waals surface area contributed by atoms with E-state index in [2.05, 4.69) is 23.0 Å². The molecule has 0 aromatic heterocycles. The average molecular weight is 176 g/mol. The number of hydrazine groups is 1. The number of rotatable bonds is 2. The van der Waals surface area contributed by atoms with Crippen LogP contribution >= 0.6 is 12.2 Å². The third kappa shape index (κ3) is 4.51. The van der Waals surface area contributed by atoms with Crippen LogP contribution in [0, 0.1) is 0 Å². The highest BCUT2D eigenvalue weighted by molar-refractivity contribution is 7.80. The maximum absolute atomic E-state index is 10.9. The summed E-state index contributed by atoms with van der Waals surface area (Å²) in [7, 11) is 3.34. The van der Waals surface area contributed by atoms with Crippen LogP contribution in [-0.4, -0.2) is 36.6 Å². The molecule has 0 aliphatic carbocycles. The van der Waals surface area contributed by atoms with Gasteiger partial charge in [-0.3, -0.25) is 4.79 Å². The zero-order chi connectivity index (χ0) is 8.85. The number of thiocarbonyl (C=S) groups is 1. The minimum atomic E-state index is -0.0531. The van der Waals surface area contributed by atoms with Crippen molar-refractivity contribution < 1.29 is 4.79 Å². The number of nitrogens with one attached hydrogen (secondary N) is 2. The lowest BCUT2D eigenvalue weighted by molar-refractivity contribution is -0.127. The van der Waals surface area contributed by atoms with Gasteiger partial charge in [-0.15, -0.1) is 0 Å². The molecule has 0 aromatic rings. The molecule has 0 heterocycles. The molecular weight excluding hydrogens is 164 g/mol. The number of likely N-dealkylation sites (N-methyl/N-ethyl adjacent to an activating group) is 1. The monoisotopic (exact) mass is 176 g/mol. The molecule has 0 fully saturated rings. The predicted octanol–water partition coefficient (Wildman–Crippen LogP) is -1.59. The molecule has 4 N–H and O–H groups in total. The molecular formula is C5H12N4OS. The van der Waals surface area contributed by atoms with Crippen molar-refractivity contribution in [2.45, 2.75) is 0 Å². The van der Waals surface area contributed by atoms with E-state index in [1.165, 1.54) is 4.90 Å². The van der Waals surface area contributed by atoms with E-state index in [1.54, 1.807) is 14.1 Å². The fourth-order valence-electron chi connectivity index (χ4n) is 0.365. The third-order valence-electron chi connectivity index (χ3n) is 1.03. The number of hydrogen-bond donors (Lipinski definition) is 3. The molecule has 0 bridgehead atoms. The van der Waals surface area contributed by atoms with Gasteiger partial charge in [0.1, 0.15) is 0 Å². The van der Waals surface area contributed by atoms with Gasteiger partial charge in [-0.2, -0.15) is 0 Å². The van der Waals surface area contributed by atoms with Gasteiger partial charge in [0.05, 0.1) is 6.54 Å². The second-order valence-electron chi connectivity index (χ2n) is 2.12. The molecule has 6 heteroatoms. The highest BCUT2D eigenvalue weighted by atomic mass is 32.1. The molecule has 64 valence electrons. The van der Waals surface area contributed by atoms with Gasteiger partial charge in [-0.05, 0) is 12.2 Å². The maximum atomic E-state index is 10.9. The summed E-state index contributed by atoms with van der Waals surface area (Å²) < 4.78 is 0. The maximum Gasteiger partial charge on any atom is 0.241 e. The molecule has 0 aliphatic rings. The molecule has 5 nitrogen and oxygen atoms in total.